The molecule has 1 aromatic rings. The van der Waals surface area contributed by atoms with Crippen molar-refractivity contribution in [2.24, 2.45) is 5.16 Å². The van der Waals surface area contributed by atoms with Gasteiger partial charge in [0.05, 0.1) is 5.02 Å². The molecule has 0 bridgehead atoms. The molecule has 0 amide bonds. The zero-order valence-corrected chi connectivity index (χ0v) is 8.31. The highest BCUT2D eigenvalue weighted by Crippen LogP contribution is 2.21. The van der Waals surface area contributed by atoms with Crippen molar-refractivity contribution in [1.82, 2.24) is 0 Å². The Labute approximate surface area is 85.8 Å². The molecular formula is C8H9Cl2N2O+. The number of benzene rings is 1. The third kappa shape index (κ3) is 2.34. The largest absolute Gasteiger partial charge is 0.410 e. The minimum absolute atomic E-state index is 0.373. The van der Waals surface area contributed by atoms with Crippen LogP contribution in [0.25, 0.3) is 0 Å². The highest BCUT2D eigenvalue weighted by molar-refractivity contribution is 6.37. The Kier molecular flexibility index (Phi) is 3.54. The van der Waals surface area contributed by atoms with Crippen LogP contribution in [0.5, 0.6) is 0 Å². The maximum Gasteiger partial charge on any atom is 0.142 e. The summed E-state index contributed by atoms with van der Waals surface area (Å²) in [5.41, 5.74) is 4.72. The van der Waals surface area contributed by atoms with Gasteiger partial charge in [-0.1, -0.05) is 28.4 Å². The van der Waals surface area contributed by atoms with Gasteiger partial charge in [0.1, 0.15) is 12.3 Å². The van der Waals surface area contributed by atoms with Crippen LogP contribution >= 0.6 is 23.2 Å². The molecule has 70 valence electrons. The molecule has 0 aromatic heterocycles. The molecule has 0 radical (unpaired) electrons. The molecule has 0 aliphatic carbocycles. The number of nitrogens with zero attached hydrogens (tertiary/aromatic N) is 1. The average molecular weight is 220 g/mol. The Bertz CT molecular complexity index is 339. The highest BCUT2D eigenvalue weighted by Gasteiger charge is 2.08. The number of quaternary nitrogens is 1. The Morgan fingerprint density at radius 3 is 2.62 bits per heavy atom. The summed E-state index contributed by atoms with van der Waals surface area (Å²) in [5, 5.41) is 12.7. The molecule has 1 aromatic carbocycles. The molecule has 0 aliphatic rings. The molecule has 1 rings (SSSR count). The van der Waals surface area contributed by atoms with E-state index < -0.39 is 0 Å². The van der Waals surface area contributed by atoms with Crippen molar-refractivity contribution in [1.29, 1.82) is 0 Å². The normalized spacial score (nSPS) is 11.8. The van der Waals surface area contributed by atoms with E-state index in [9.17, 15) is 0 Å². The van der Waals surface area contributed by atoms with E-state index in [-0.39, 0.29) is 0 Å². The summed E-state index contributed by atoms with van der Waals surface area (Å²) >= 11 is 11.6. The summed E-state index contributed by atoms with van der Waals surface area (Å²) in [4.78, 5) is 0. The Balaban J connectivity index is 3.15. The highest BCUT2D eigenvalue weighted by atomic mass is 35.5. The van der Waals surface area contributed by atoms with Crippen LogP contribution in [-0.2, 0) is 0 Å². The first kappa shape index (κ1) is 10.3. The summed E-state index contributed by atoms with van der Waals surface area (Å²) < 4.78 is 0. The van der Waals surface area contributed by atoms with E-state index in [1.54, 1.807) is 18.2 Å². The Morgan fingerprint density at radius 1 is 1.46 bits per heavy atom. The fraction of sp³-hybridized carbons (Fsp3) is 0.125. The molecule has 5 heteroatoms. The van der Waals surface area contributed by atoms with Crippen LogP contribution in [0.2, 0.25) is 10.0 Å². The minimum atomic E-state index is 0.373. The Morgan fingerprint density at radius 2 is 2.15 bits per heavy atom. The van der Waals surface area contributed by atoms with Gasteiger partial charge in [-0.05, 0) is 18.2 Å². The van der Waals surface area contributed by atoms with Gasteiger partial charge in [0, 0.05) is 10.6 Å². The maximum atomic E-state index is 8.63. The molecule has 4 N–H and O–H groups in total. The predicted molar refractivity (Wildman–Crippen MR) is 52.5 cm³/mol. The van der Waals surface area contributed by atoms with Gasteiger partial charge in [-0.3, -0.25) is 0 Å². The summed E-state index contributed by atoms with van der Waals surface area (Å²) in [6.07, 6.45) is 0. The third-order valence-electron chi connectivity index (χ3n) is 1.60. The Hall–Kier alpha value is -0.770. The summed E-state index contributed by atoms with van der Waals surface area (Å²) in [7, 11) is 0. The zero-order chi connectivity index (χ0) is 9.84. The number of halogens is 2. The lowest BCUT2D eigenvalue weighted by Gasteiger charge is -2.02. The summed E-state index contributed by atoms with van der Waals surface area (Å²) in [5.74, 6) is 0. The van der Waals surface area contributed by atoms with Gasteiger partial charge in [-0.2, -0.15) is 0 Å². The van der Waals surface area contributed by atoms with E-state index in [2.05, 4.69) is 10.9 Å². The lowest BCUT2D eigenvalue weighted by molar-refractivity contribution is -0.346. The van der Waals surface area contributed by atoms with Crippen molar-refractivity contribution in [3.05, 3.63) is 33.8 Å². The van der Waals surface area contributed by atoms with Crippen molar-refractivity contribution in [2.75, 3.05) is 6.54 Å². The van der Waals surface area contributed by atoms with Crippen LogP contribution < -0.4 is 5.73 Å². The summed E-state index contributed by atoms with van der Waals surface area (Å²) in [6.45, 7) is 0.373. The van der Waals surface area contributed by atoms with E-state index in [4.69, 9.17) is 28.4 Å². The number of hydrogen-bond acceptors (Lipinski definition) is 2. The molecule has 0 atom stereocenters. The smallest absolute Gasteiger partial charge is 0.142 e. The first-order valence-electron chi connectivity index (χ1n) is 3.64. The fourth-order valence-corrected chi connectivity index (χ4v) is 1.48. The quantitative estimate of drug-likeness (QED) is 0.442. The molecule has 0 unspecified atom stereocenters. The molecular weight excluding hydrogens is 211 g/mol. The second-order valence-corrected chi connectivity index (χ2v) is 3.26. The van der Waals surface area contributed by atoms with E-state index in [0.717, 1.165) is 0 Å². The molecule has 0 spiro atoms. The number of hydrogen-bond donors (Lipinski definition) is 2. The standard InChI is InChI=1S/C8H8Cl2N2O/c9-5-1-2-6(7(10)3-5)8(4-11)12-13/h1-3,13H,4,11H2/p+1/b12-8-. The van der Waals surface area contributed by atoms with Gasteiger partial charge in [0.2, 0.25) is 0 Å². The van der Waals surface area contributed by atoms with Crippen LogP contribution in [0.3, 0.4) is 0 Å². The van der Waals surface area contributed by atoms with Gasteiger partial charge < -0.3 is 10.9 Å². The lowest BCUT2D eigenvalue weighted by atomic mass is 10.1. The van der Waals surface area contributed by atoms with E-state index >= 15 is 0 Å². The van der Waals surface area contributed by atoms with Crippen molar-refractivity contribution in [2.45, 2.75) is 0 Å². The SMILES string of the molecule is [NH3+]C/C(=N/O)c1ccc(Cl)cc1Cl. The lowest BCUT2D eigenvalue weighted by Crippen LogP contribution is -2.54. The van der Waals surface area contributed by atoms with Crippen LogP contribution in [0.1, 0.15) is 5.56 Å². The van der Waals surface area contributed by atoms with Gasteiger partial charge in [-0.15, -0.1) is 0 Å². The van der Waals surface area contributed by atoms with Crippen molar-refractivity contribution >= 4 is 28.9 Å². The molecule has 0 heterocycles. The van der Waals surface area contributed by atoms with Gasteiger partial charge >= 0.3 is 0 Å². The molecule has 3 nitrogen and oxygen atoms in total. The van der Waals surface area contributed by atoms with E-state index in [1.807, 2.05) is 0 Å². The molecule has 0 fully saturated rings. The monoisotopic (exact) mass is 219 g/mol. The van der Waals surface area contributed by atoms with Crippen molar-refractivity contribution < 1.29 is 10.9 Å². The molecule has 0 aliphatic heterocycles. The molecule has 0 saturated carbocycles. The first-order chi connectivity index (χ1) is 6.19. The minimum Gasteiger partial charge on any atom is -0.410 e. The predicted octanol–water partition coefficient (Wildman–Crippen LogP) is 1.41. The van der Waals surface area contributed by atoms with Crippen molar-refractivity contribution in [3.8, 4) is 0 Å². The van der Waals surface area contributed by atoms with Gasteiger partial charge in [-0.25, -0.2) is 0 Å². The van der Waals surface area contributed by atoms with Crippen LogP contribution in [0.4, 0.5) is 0 Å². The number of rotatable bonds is 2. The maximum absolute atomic E-state index is 8.63. The second kappa shape index (κ2) is 4.46. The van der Waals surface area contributed by atoms with Gasteiger partial charge in [0.25, 0.3) is 0 Å². The number of oxime groups is 1. The third-order valence-corrected chi connectivity index (χ3v) is 2.15. The summed E-state index contributed by atoms with van der Waals surface area (Å²) in [6, 6.07) is 4.98. The van der Waals surface area contributed by atoms with Crippen LogP contribution in [0.15, 0.2) is 23.4 Å². The molecule has 0 saturated heterocycles. The zero-order valence-electron chi connectivity index (χ0n) is 6.80. The van der Waals surface area contributed by atoms with E-state index in [1.165, 1.54) is 0 Å². The second-order valence-electron chi connectivity index (χ2n) is 2.42. The topological polar surface area (TPSA) is 60.2 Å². The fourth-order valence-electron chi connectivity index (χ4n) is 0.962. The average Bonchev–Trinajstić information content (AvgIpc) is 2.10. The van der Waals surface area contributed by atoms with E-state index in [0.29, 0.717) is 27.9 Å². The first-order valence-corrected chi connectivity index (χ1v) is 4.40. The van der Waals surface area contributed by atoms with Gasteiger partial charge in [0.15, 0.2) is 0 Å². The van der Waals surface area contributed by atoms with Crippen molar-refractivity contribution in [3.63, 3.8) is 0 Å². The van der Waals surface area contributed by atoms with Crippen LogP contribution in [0, 0.1) is 0 Å². The van der Waals surface area contributed by atoms with Crippen LogP contribution in [-0.4, -0.2) is 17.5 Å². The molecule has 13 heavy (non-hydrogen) atoms.